The number of benzene rings is 3. The Balaban J connectivity index is 1.83. The second-order valence-corrected chi connectivity index (χ2v) is 8.29. The fourth-order valence-corrected chi connectivity index (χ4v) is 4.36. The third kappa shape index (κ3) is 3.65. The van der Waals surface area contributed by atoms with Crippen LogP contribution in [0.25, 0.3) is 43.5 Å². The normalized spacial score (nSPS) is 11.6. The highest BCUT2D eigenvalue weighted by molar-refractivity contribution is 6.28. The average Bonchev–Trinajstić information content (AvgIpc) is 2.85. The van der Waals surface area contributed by atoms with Gasteiger partial charge in [0.1, 0.15) is 22.9 Å². The number of carbonyl (C=O) groups is 2. The van der Waals surface area contributed by atoms with Gasteiger partial charge in [-0.25, -0.2) is 9.59 Å². The molecule has 0 atom stereocenters. The number of amides is 2. The Morgan fingerprint density at radius 3 is 2.15 bits per heavy atom. The topological polar surface area (TPSA) is 119 Å². The number of nitrogens with one attached hydrogen (secondary N) is 2. The molecule has 0 fully saturated rings. The molecular formula is C24H16Cl2N2O6. The van der Waals surface area contributed by atoms with Crippen molar-refractivity contribution in [2.24, 2.45) is 0 Å². The van der Waals surface area contributed by atoms with Crippen molar-refractivity contribution in [1.82, 2.24) is 10.6 Å². The van der Waals surface area contributed by atoms with Crippen LogP contribution in [-0.4, -0.2) is 23.6 Å². The lowest BCUT2D eigenvalue weighted by Crippen LogP contribution is -2.24. The van der Waals surface area contributed by atoms with Crippen LogP contribution in [0.4, 0.5) is 0 Å². The van der Waals surface area contributed by atoms with Crippen molar-refractivity contribution >= 4 is 78.5 Å². The molecule has 0 spiro atoms. The lowest BCUT2D eigenvalue weighted by atomic mass is 9.94. The van der Waals surface area contributed by atoms with E-state index >= 15 is 0 Å². The molecule has 5 rings (SSSR count). The quantitative estimate of drug-likeness (QED) is 0.210. The van der Waals surface area contributed by atoms with Crippen molar-refractivity contribution in [2.45, 2.75) is 13.1 Å². The second kappa shape index (κ2) is 8.62. The minimum absolute atomic E-state index is 0.0621. The highest BCUT2D eigenvalue weighted by Gasteiger charge is 2.21. The highest BCUT2D eigenvalue weighted by Crippen LogP contribution is 2.39. The molecule has 2 N–H and O–H groups in total. The van der Waals surface area contributed by atoms with E-state index in [1.54, 1.807) is 24.3 Å². The highest BCUT2D eigenvalue weighted by atomic mass is 35.5. The predicted molar refractivity (Wildman–Crippen MR) is 130 cm³/mol. The Morgan fingerprint density at radius 2 is 1.41 bits per heavy atom. The fraction of sp³-hybridized carbons (Fsp3) is 0.167. The first-order valence-electron chi connectivity index (χ1n) is 10.3. The summed E-state index contributed by atoms with van der Waals surface area (Å²) in [6.45, 7) is 0.333. The SMILES string of the molecule is O=C(CCl)NCc1ccc2oc3c(CNC(=O)CCl)cc4c(=O)oc(=O)c5ccc(c2c1)c3c54. The first kappa shape index (κ1) is 22.2. The Kier molecular flexibility index (Phi) is 5.63. The van der Waals surface area contributed by atoms with Gasteiger partial charge in [-0.05, 0) is 35.2 Å². The fourth-order valence-electron chi connectivity index (χ4n) is 4.17. The van der Waals surface area contributed by atoms with E-state index < -0.39 is 11.3 Å². The van der Waals surface area contributed by atoms with Crippen LogP contribution in [0.3, 0.4) is 0 Å². The third-order valence-electron chi connectivity index (χ3n) is 5.69. The van der Waals surface area contributed by atoms with Crippen LogP contribution in [-0.2, 0) is 22.7 Å². The van der Waals surface area contributed by atoms with Gasteiger partial charge in [0.2, 0.25) is 11.8 Å². The van der Waals surface area contributed by atoms with Crippen LogP contribution in [0.1, 0.15) is 11.1 Å². The molecule has 2 heterocycles. The van der Waals surface area contributed by atoms with Crippen LogP contribution in [0.5, 0.6) is 0 Å². The van der Waals surface area contributed by atoms with Crippen molar-refractivity contribution in [3.8, 4) is 0 Å². The first-order valence-corrected chi connectivity index (χ1v) is 11.3. The molecule has 172 valence electrons. The molecule has 8 nitrogen and oxygen atoms in total. The average molecular weight is 499 g/mol. The van der Waals surface area contributed by atoms with E-state index in [4.69, 9.17) is 32.0 Å². The molecular weight excluding hydrogens is 483 g/mol. The zero-order chi connectivity index (χ0) is 24.0. The molecule has 0 aliphatic rings. The largest absolute Gasteiger partial charge is 0.456 e. The summed E-state index contributed by atoms with van der Waals surface area (Å²) in [6, 6.07) is 10.4. The van der Waals surface area contributed by atoms with Gasteiger partial charge in [0, 0.05) is 34.8 Å². The van der Waals surface area contributed by atoms with Crippen molar-refractivity contribution in [3.05, 3.63) is 68.4 Å². The Labute approximate surface area is 200 Å². The molecule has 3 aromatic carbocycles. The van der Waals surface area contributed by atoms with Crippen LogP contribution < -0.4 is 21.9 Å². The van der Waals surface area contributed by atoms with Crippen molar-refractivity contribution in [2.75, 3.05) is 11.8 Å². The van der Waals surface area contributed by atoms with E-state index in [1.165, 1.54) is 0 Å². The zero-order valence-corrected chi connectivity index (χ0v) is 19.0. The van der Waals surface area contributed by atoms with Gasteiger partial charge in [-0.1, -0.05) is 12.1 Å². The van der Waals surface area contributed by atoms with Crippen molar-refractivity contribution in [3.63, 3.8) is 0 Å². The van der Waals surface area contributed by atoms with Gasteiger partial charge in [0.05, 0.1) is 10.8 Å². The Bertz CT molecular complexity index is 1720. The number of rotatable bonds is 6. The Hall–Kier alpha value is -3.62. The molecule has 0 radical (unpaired) electrons. The van der Waals surface area contributed by atoms with Gasteiger partial charge in [0.15, 0.2) is 0 Å². The van der Waals surface area contributed by atoms with E-state index in [0.717, 1.165) is 16.3 Å². The van der Waals surface area contributed by atoms with E-state index in [1.807, 2.05) is 12.1 Å². The number of alkyl halides is 2. The summed E-state index contributed by atoms with van der Waals surface area (Å²) in [5, 5.41) is 8.36. The molecule has 2 amide bonds. The summed E-state index contributed by atoms with van der Waals surface area (Å²) in [7, 11) is 0. The Morgan fingerprint density at radius 1 is 0.735 bits per heavy atom. The van der Waals surface area contributed by atoms with Gasteiger partial charge >= 0.3 is 11.3 Å². The van der Waals surface area contributed by atoms with Gasteiger partial charge < -0.3 is 19.5 Å². The molecule has 0 saturated heterocycles. The summed E-state index contributed by atoms with van der Waals surface area (Å²) in [4.78, 5) is 48.3. The number of hydrogen-bond donors (Lipinski definition) is 2. The van der Waals surface area contributed by atoms with Gasteiger partial charge in [0.25, 0.3) is 0 Å². The lowest BCUT2D eigenvalue weighted by molar-refractivity contribution is -0.119. The number of fused-ring (bicyclic) bond motifs is 2. The molecule has 0 aliphatic carbocycles. The second-order valence-electron chi connectivity index (χ2n) is 7.75. The maximum absolute atomic E-state index is 12.6. The van der Waals surface area contributed by atoms with Crippen LogP contribution in [0.15, 0.2) is 54.8 Å². The third-order valence-corrected chi connectivity index (χ3v) is 6.18. The van der Waals surface area contributed by atoms with E-state index in [0.29, 0.717) is 27.5 Å². The van der Waals surface area contributed by atoms with Crippen molar-refractivity contribution < 1.29 is 18.4 Å². The molecule has 0 bridgehead atoms. The molecule has 10 heteroatoms. The van der Waals surface area contributed by atoms with E-state index in [2.05, 4.69) is 10.6 Å². The summed E-state index contributed by atoms with van der Waals surface area (Å²) in [5.41, 5.74) is 0.835. The smallest absolute Gasteiger partial charge is 0.346 e. The van der Waals surface area contributed by atoms with E-state index in [9.17, 15) is 19.2 Å². The standard InChI is InChI=1S/C24H16Cl2N2O6/c25-7-18(29)27-9-11-1-4-17-15(5-11)13-2-3-14-20-16(24(32)34-23(14)31)6-12(10-28-19(30)8-26)22(33-17)21(13)20/h1-6H,7-10H2,(H,27,29)(H,28,30). The molecule has 2 aromatic heterocycles. The zero-order valence-electron chi connectivity index (χ0n) is 17.5. The summed E-state index contributed by atoms with van der Waals surface area (Å²) in [5.74, 6) is -1.03. The van der Waals surface area contributed by atoms with Crippen LogP contribution >= 0.6 is 23.2 Å². The maximum atomic E-state index is 12.6. The monoisotopic (exact) mass is 498 g/mol. The molecule has 0 aliphatic heterocycles. The number of halogens is 2. The van der Waals surface area contributed by atoms with Crippen LogP contribution in [0, 0.1) is 0 Å². The maximum Gasteiger partial charge on any atom is 0.346 e. The summed E-state index contributed by atoms with van der Waals surface area (Å²) in [6.07, 6.45) is 0. The first-order chi connectivity index (χ1) is 16.4. The minimum Gasteiger partial charge on any atom is -0.456 e. The van der Waals surface area contributed by atoms with Crippen LogP contribution in [0.2, 0.25) is 0 Å². The number of carbonyl (C=O) groups excluding carboxylic acids is 2. The molecule has 0 unspecified atom stereocenters. The summed E-state index contributed by atoms with van der Waals surface area (Å²) >= 11 is 11.2. The minimum atomic E-state index is -0.769. The lowest BCUT2D eigenvalue weighted by Gasteiger charge is -2.15. The van der Waals surface area contributed by atoms with E-state index in [-0.39, 0.29) is 47.4 Å². The van der Waals surface area contributed by atoms with Gasteiger partial charge in [-0.15, -0.1) is 23.2 Å². The molecule has 5 aromatic rings. The number of hydrogen-bond acceptors (Lipinski definition) is 6. The van der Waals surface area contributed by atoms with Gasteiger partial charge in [-0.2, -0.15) is 0 Å². The predicted octanol–water partition coefficient (Wildman–Crippen LogP) is 3.35. The van der Waals surface area contributed by atoms with Gasteiger partial charge in [-0.3, -0.25) is 9.59 Å². The van der Waals surface area contributed by atoms with Crippen molar-refractivity contribution in [1.29, 1.82) is 0 Å². The summed E-state index contributed by atoms with van der Waals surface area (Å²) < 4.78 is 11.2. The molecule has 0 saturated carbocycles. The molecule has 34 heavy (non-hydrogen) atoms.